The Bertz CT molecular complexity index is 1620. The second-order valence-corrected chi connectivity index (χ2v) is 12.3. The number of carbonyl (C=O) groups is 2. The van der Waals surface area contributed by atoms with E-state index in [0.717, 1.165) is 21.5 Å². The van der Waals surface area contributed by atoms with Gasteiger partial charge in [-0.25, -0.2) is 12.8 Å². The predicted molar refractivity (Wildman–Crippen MR) is 165 cm³/mol. The summed E-state index contributed by atoms with van der Waals surface area (Å²) in [6.07, 6.45) is 1.96. The molecular weight excluding hydrogens is 553 g/mol. The quantitative estimate of drug-likeness (QED) is 0.243. The number of sulfonamides is 1. The zero-order valence-corrected chi connectivity index (χ0v) is 24.9. The molecule has 4 aromatic carbocycles. The van der Waals surface area contributed by atoms with Crippen LogP contribution in [0.1, 0.15) is 31.4 Å². The molecule has 4 rings (SSSR count). The van der Waals surface area contributed by atoms with Crippen molar-refractivity contribution in [1.82, 2.24) is 10.2 Å². The van der Waals surface area contributed by atoms with Crippen molar-refractivity contribution in [3.8, 4) is 0 Å². The van der Waals surface area contributed by atoms with Crippen molar-refractivity contribution in [3.05, 3.63) is 114 Å². The summed E-state index contributed by atoms with van der Waals surface area (Å²) in [4.78, 5) is 29.4. The third-order valence-electron chi connectivity index (χ3n) is 7.25. The Labute approximate surface area is 247 Å². The fraction of sp³-hybridized carbons (Fsp3) is 0.273. The van der Waals surface area contributed by atoms with E-state index in [0.29, 0.717) is 23.1 Å². The van der Waals surface area contributed by atoms with E-state index in [2.05, 4.69) is 5.32 Å². The molecule has 9 heteroatoms. The van der Waals surface area contributed by atoms with Crippen LogP contribution in [0.2, 0.25) is 0 Å². The first kappa shape index (κ1) is 30.7. The smallest absolute Gasteiger partial charge is 0.244 e. The maximum Gasteiger partial charge on any atom is 0.244 e. The van der Waals surface area contributed by atoms with Crippen molar-refractivity contribution in [1.29, 1.82) is 0 Å². The zero-order chi connectivity index (χ0) is 30.3. The Morgan fingerprint density at radius 1 is 0.857 bits per heavy atom. The molecule has 42 heavy (non-hydrogen) atoms. The molecule has 220 valence electrons. The van der Waals surface area contributed by atoms with Crippen LogP contribution in [0.5, 0.6) is 0 Å². The summed E-state index contributed by atoms with van der Waals surface area (Å²) in [5.74, 6) is -1.33. The summed E-state index contributed by atoms with van der Waals surface area (Å²) < 4.78 is 41.1. The second kappa shape index (κ2) is 13.6. The minimum Gasteiger partial charge on any atom is -0.352 e. The average Bonchev–Trinajstić information content (AvgIpc) is 2.98. The van der Waals surface area contributed by atoms with E-state index < -0.39 is 34.3 Å². The Kier molecular flexibility index (Phi) is 9.96. The molecule has 0 heterocycles. The number of hydrogen-bond acceptors (Lipinski definition) is 4. The van der Waals surface area contributed by atoms with Crippen LogP contribution in [0.3, 0.4) is 0 Å². The fourth-order valence-electron chi connectivity index (χ4n) is 4.80. The van der Waals surface area contributed by atoms with Crippen LogP contribution in [0.4, 0.5) is 10.1 Å². The van der Waals surface area contributed by atoms with Gasteiger partial charge in [-0.1, -0.05) is 85.8 Å². The number of halogens is 1. The van der Waals surface area contributed by atoms with Gasteiger partial charge in [-0.3, -0.25) is 13.9 Å². The minimum absolute atomic E-state index is 0.0162. The molecular formula is C33H36FN3O4S. The van der Waals surface area contributed by atoms with Gasteiger partial charge in [0.25, 0.3) is 0 Å². The molecule has 0 bridgehead atoms. The van der Waals surface area contributed by atoms with Crippen LogP contribution in [0.25, 0.3) is 10.8 Å². The Morgan fingerprint density at radius 3 is 2.17 bits per heavy atom. The van der Waals surface area contributed by atoms with Crippen LogP contribution in [0, 0.1) is 5.82 Å². The number of rotatable bonds is 12. The largest absolute Gasteiger partial charge is 0.352 e. The van der Waals surface area contributed by atoms with Gasteiger partial charge in [-0.15, -0.1) is 0 Å². The van der Waals surface area contributed by atoms with Gasteiger partial charge in [0.05, 0.1) is 11.9 Å². The lowest BCUT2D eigenvalue weighted by atomic mass is 10.0. The molecule has 0 aliphatic rings. The van der Waals surface area contributed by atoms with Crippen LogP contribution in [0.15, 0.2) is 97.1 Å². The molecule has 4 aromatic rings. The van der Waals surface area contributed by atoms with Crippen molar-refractivity contribution in [3.63, 3.8) is 0 Å². The van der Waals surface area contributed by atoms with Crippen molar-refractivity contribution in [2.75, 3.05) is 17.1 Å². The third kappa shape index (κ3) is 7.73. The molecule has 0 unspecified atom stereocenters. The lowest BCUT2D eigenvalue weighted by Crippen LogP contribution is -2.54. The topological polar surface area (TPSA) is 86.8 Å². The van der Waals surface area contributed by atoms with Gasteiger partial charge in [-0.05, 0) is 48.1 Å². The van der Waals surface area contributed by atoms with Gasteiger partial charge < -0.3 is 10.2 Å². The highest BCUT2D eigenvalue weighted by Crippen LogP contribution is 2.29. The molecule has 0 saturated carbocycles. The predicted octanol–water partition coefficient (Wildman–Crippen LogP) is 5.30. The SMILES string of the molecule is CC[C@@H](C)NC(=O)[C@H](Cc1ccccc1)N(Cc1ccc(F)cc1)C(=O)CN(c1cccc2ccccc12)S(C)(=O)=O. The van der Waals surface area contributed by atoms with Gasteiger partial charge >= 0.3 is 0 Å². The number of benzene rings is 4. The van der Waals surface area contributed by atoms with Crippen molar-refractivity contribution in [2.45, 2.75) is 45.3 Å². The molecule has 0 saturated heterocycles. The van der Waals surface area contributed by atoms with Gasteiger partial charge in [0, 0.05) is 24.4 Å². The molecule has 0 spiro atoms. The molecule has 2 amide bonds. The van der Waals surface area contributed by atoms with Gasteiger partial charge in [-0.2, -0.15) is 0 Å². The fourth-order valence-corrected chi connectivity index (χ4v) is 5.66. The Balaban J connectivity index is 1.78. The van der Waals surface area contributed by atoms with Crippen molar-refractivity contribution in [2.24, 2.45) is 0 Å². The van der Waals surface area contributed by atoms with E-state index in [-0.39, 0.29) is 24.9 Å². The van der Waals surface area contributed by atoms with Crippen LogP contribution >= 0.6 is 0 Å². The first-order valence-corrected chi connectivity index (χ1v) is 15.7. The number of anilines is 1. The van der Waals surface area contributed by atoms with E-state index in [1.165, 1.54) is 17.0 Å². The number of amides is 2. The van der Waals surface area contributed by atoms with E-state index in [1.807, 2.05) is 68.4 Å². The highest BCUT2D eigenvalue weighted by Gasteiger charge is 2.33. The standard InChI is InChI=1S/C33H36FN3O4S/c1-4-24(2)35-33(39)31(21-25-11-6-5-7-12-25)36(22-26-17-19-28(34)20-18-26)32(38)23-37(42(3,40)41)30-16-10-14-27-13-8-9-15-29(27)30/h5-20,24,31H,4,21-23H2,1-3H3,(H,35,39)/t24-,31+/m1/s1. The summed E-state index contributed by atoms with van der Waals surface area (Å²) in [5.41, 5.74) is 1.82. The number of nitrogens with zero attached hydrogens (tertiary/aromatic N) is 2. The highest BCUT2D eigenvalue weighted by molar-refractivity contribution is 7.92. The minimum atomic E-state index is -3.91. The molecule has 7 nitrogen and oxygen atoms in total. The summed E-state index contributed by atoms with van der Waals surface area (Å²) >= 11 is 0. The van der Waals surface area contributed by atoms with Crippen LogP contribution in [-0.2, 0) is 32.6 Å². The molecule has 2 atom stereocenters. The molecule has 0 aromatic heterocycles. The van der Waals surface area contributed by atoms with Crippen molar-refractivity contribution >= 4 is 38.3 Å². The summed E-state index contributed by atoms with van der Waals surface area (Å²) in [6, 6.07) is 26.6. The van der Waals surface area contributed by atoms with E-state index in [9.17, 15) is 22.4 Å². The van der Waals surface area contributed by atoms with E-state index in [4.69, 9.17) is 0 Å². The van der Waals surface area contributed by atoms with Crippen LogP contribution in [-0.4, -0.2) is 50.0 Å². The number of nitrogens with one attached hydrogen (secondary N) is 1. The maximum atomic E-state index is 14.2. The number of carbonyl (C=O) groups excluding carboxylic acids is 2. The lowest BCUT2D eigenvalue weighted by molar-refractivity contribution is -0.140. The molecule has 0 fully saturated rings. The molecule has 0 aliphatic heterocycles. The maximum absolute atomic E-state index is 14.2. The Hall–Kier alpha value is -4.24. The Morgan fingerprint density at radius 2 is 1.50 bits per heavy atom. The summed E-state index contributed by atoms with van der Waals surface area (Å²) in [5, 5.41) is 4.50. The summed E-state index contributed by atoms with van der Waals surface area (Å²) in [7, 11) is -3.91. The van der Waals surface area contributed by atoms with Gasteiger partial charge in [0.1, 0.15) is 18.4 Å². The highest BCUT2D eigenvalue weighted by atomic mass is 32.2. The van der Waals surface area contributed by atoms with E-state index >= 15 is 0 Å². The van der Waals surface area contributed by atoms with E-state index in [1.54, 1.807) is 30.3 Å². The average molecular weight is 590 g/mol. The second-order valence-electron chi connectivity index (χ2n) is 10.4. The number of fused-ring (bicyclic) bond motifs is 1. The molecule has 0 radical (unpaired) electrons. The zero-order valence-electron chi connectivity index (χ0n) is 24.0. The lowest BCUT2D eigenvalue weighted by Gasteiger charge is -2.34. The van der Waals surface area contributed by atoms with Gasteiger partial charge in [0.15, 0.2) is 0 Å². The van der Waals surface area contributed by atoms with Crippen molar-refractivity contribution < 1.29 is 22.4 Å². The summed E-state index contributed by atoms with van der Waals surface area (Å²) in [6.45, 7) is 3.30. The normalized spacial score (nSPS) is 12.9. The third-order valence-corrected chi connectivity index (χ3v) is 8.38. The van der Waals surface area contributed by atoms with Crippen LogP contribution < -0.4 is 9.62 Å². The first-order valence-electron chi connectivity index (χ1n) is 13.9. The van der Waals surface area contributed by atoms with Gasteiger partial charge in [0.2, 0.25) is 21.8 Å². The molecule has 1 N–H and O–H groups in total. The monoisotopic (exact) mass is 589 g/mol. The molecule has 0 aliphatic carbocycles. The number of hydrogen-bond donors (Lipinski definition) is 1. The first-order chi connectivity index (χ1) is 20.1.